The van der Waals surface area contributed by atoms with Crippen LogP contribution in [0.5, 0.6) is 11.5 Å². The number of halogens is 1. The number of hydrogen-bond donors (Lipinski definition) is 4. The highest BCUT2D eigenvalue weighted by atomic mass is 127. The summed E-state index contributed by atoms with van der Waals surface area (Å²) in [6.07, 6.45) is 2.47. The first-order valence-electron chi connectivity index (χ1n) is 16.4. The molecule has 0 saturated heterocycles. The van der Waals surface area contributed by atoms with Crippen LogP contribution in [0.2, 0.25) is 0 Å². The van der Waals surface area contributed by atoms with Crippen molar-refractivity contribution < 1.29 is 39.1 Å². The first kappa shape index (κ1) is 37.1. The number of hydrogen-bond acceptors (Lipinski definition) is 8. The molecule has 10 nitrogen and oxygen atoms in total. The predicted octanol–water partition coefficient (Wildman–Crippen LogP) is 4.21. The third-order valence-electron chi connectivity index (χ3n) is 9.24. The predicted molar refractivity (Wildman–Crippen MR) is 187 cm³/mol. The van der Waals surface area contributed by atoms with Crippen molar-refractivity contribution in [2.24, 2.45) is 17.8 Å². The van der Waals surface area contributed by atoms with E-state index in [-0.39, 0.29) is 51.3 Å². The third kappa shape index (κ3) is 9.69. The molecule has 2 aromatic rings. The zero-order chi connectivity index (χ0) is 34.1. The average molecular weight is 765 g/mol. The van der Waals surface area contributed by atoms with Gasteiger partial charge in [-0.05, 0) is 82.5 Å². The molecule has 4 rings (SSSR count). The van der Waals surface area contributed by atoms with E-state index in [0.29, 0.717) is 44.0 Å². The van der Waals surface area contributed by atoms with Crippen molar-refractivity contribution in [1.29, 1.82) is 0 Å². The number of carbonyl (C=O) groups excluding carboxylic acids is 2. The second-order valence-electron chi connectivity index (χ2n) is 13.0. The molecule has 6 atom stereocenters. The molecule has 6 unspecified atom stereocenters. The fourth-order valence-electron chi connectivity index (χ4n) is 6.63. The number of benzene rings is 2. The number of carbonyl (C=O) groups is 2. The van der Waals surface area contributed by atoms with E-state index >= 15 is 0 Å². The summed E-state index contributed by atoms with van der Waals surface area (Å²) in [5.41, 5.74) is 1.83. The maximum absolute atomic E-state index is 14.2. The summed E-state index contributed by atoms with van der Waals surface area (Å²) in [7, 11) is 1.49. The van der Waals surface area contributed by atoms with E-state index < -0.39 is 24.2 Å². The van der Waals surface area contributed by atoms with Crippen LogP contribution in [0.15, 0.2) is 54.1 Å². The maximum Gasteiger partial charge on any atom is 0.249 e. The SMILES string of the molecule is COc1cc(CO)cc(I)c1OC1C=C(C(=O)NCCO)CC(N(Cc2ccccc2)C(=O)COC2CC(C)CCC2C(C)C)C1O. The number of nitrogens with zero attached hydrogens (tertiary/aromatic N) is 1. The van der Waals surface area contributed by atoms with Crippen molar-refractivity contribution in [3.8, 4) is 11.5 Å². The Morgan fingerprint density at radius 1 is 1.11 bits per heavy atom. The highest BCUT2D eigenvalue weighted by Crippen LogP contribution is 2.38. The second-order valence-corrected chi connectivity index (χ2v) is 14.1. The molecule has 0 bridgehead atoms. The Morgan fingerprint density at radius 3 is 2.51 bits per heavy atom. The van der Waals surface area contributed by atoms with Crippen LogP contribution in [-0.4, -0.2) is 83.3 Å². The van der Waals surface area contributed by atoms with Crippen LogP contribution >= 0.6 is 22.6 Å². The van der Waals surface area contributed by atoms with Crippen LogP contribution < -0.4 is 14.8 Å². The number of amides is 2. The lowest BCUT2D eigenvalue weighted by Crippen LogP contribution is -2.55. The van der Waals surface area contributed by atoms with E-state index in [1.165, 1.54) is 7.11 Å². The highest BCUT2D eigenvalue weighted by molar-refractivity contribution is 14.1. The van der Waals surface area contributed by atoms with E-state index in [9.17, 15) is 24.9 Å². The monoisotopic (exact) mass is 764 g/mol. The Labute approximate surface area is 291 Å². The lowest BCUT2D eigenvalue weighted by molar-refractivity contribution is -0.149. The molecule has 1 saturated carbocycles. The lowest BCUT2D eigenvalue weighted by atomic mass is 9.75. The minimum absolute atomic E-state index is 0.0372. The highest BCUT2D eigenvalue weighted by Gasteiger charge is 2.41. The fourth-order valence-corrected chi connectivity index (χ4v) is 7.43. The summed E-state index contributed by atoms with van der Waals surface area (Å²) in [5.74, 6) is 1.31. The zero-order valence-corrected chi connectivity index (χ0v) is 29.9. The molecule has 11 heteroatoms. The number of nitrogens with one attached hydrogen (secondary N) is 1. The molecule has 2 amide bonds. The number of methoxy groups -OCH3 is 1. The van der Waals surface area contributed by atoms with E-state index in [4.69, 9.17) is 14.2 Å². The van der Waals surface area contributed by atoms with Crippen molar-refractivity contribution in [3.05, 3.63) is 68.8 Å². The van der Waals surface area contributed by atoms with Crippen LogP contribution in [0.25, 0.3) is 0 Å². The first-order chi connectivity index (χ1) is 22.6. The molecule has 47 heavy (non-hydrogen) atoms. The molecule has 0 spiro atoms. The number of ether oxygens (including phenoxy) is 3. The molecule has 0 radical (unpaired) electrons. The molecule has 2 aliphatic rings. The molecule has 1 fully saturated rings. The van der Waals surface area contributed by atoms with Gasteiger partial charge in [0.15, 0.2) is 11.5 Å². The summed E-state index contributed by atoms with van der Waals surface area (Å²) in [6, 6.07) is 12.1. The number of rotatable bonds is 14. The van der Waals surface area contributed by atoms with Gasteiger partial charge in [-0.1, -0.05) is 57.5 Å². The Hall–Kier alpha value is -2.71. The quantitative estimate of drug-likeness (QED) is 0.210. The smallest absolute Gasteiger partial charge is 0.249 e. The Morgan fingerprint density at radius 2 is 1.85 bits per heavy atom. The Kier molecular flexibility index (Phi) is 13.9. The molecular weight excluding hydrogens is 715 g/mol. The molecule has 0 aliphatic heterocycles. The van der Waals surface area contributed by atoms with E-state index in [1.807, 2.05) is 30.3 Å². The number of aliphatic hydroxyl groups excluding tert-OH is 3. The van der Waals surface area contributed by atoms with Crippen LogP contribution in [0, 0.1) is 21.3 Å². The van der Waals surface area contributed by atoms with Crippen LogP contribution in [-0.2, 0) is 27.5 Å². The van der Waals surface area contributed by atoms with E-state index in [0.717, 1.165) is 24.8 Å². The minimum Gasteiger partial charge on any atom is -0.493 e. The van der Waals surface area contributed by atoms with Crippen molar-refractivity contribution >= 4 is 34.4 Å². The largest absolute Gasteiger partial charge is 0.493 e. The molecule has 0 aromatic heterocycles. The number of aliphatic hydroxyl groups is 3. The molecule has 4 N–H and O–H groups in total. The van der Waals surface area contributed by atoms with Gasteiger partial charge in [-0.25, -0.2) is 0 Å². The van der Waals surface area contributed by atoms with Gasteiger partial charge in [-0.2, -0.15) is 0 Å². The lowest BCUT2D eigenvalue weighted by Gasteiger charge is -2.41. The first-order valence-corrected chi connectivity index (χ1v) is 17.5. The minimum atomic E-state index is -1.21. The van der Waals surface area contributed by atoms with Crippen LogP contribution in [0.4, 0.5) is 0 Å². The molecule has 2 aliphatic carbocycles. The van der Waals surface area contributed by atoms with Crippen molar-refractivity contribution in [2.45, 2.75) is 84.0 Å². The average Bonchev–Trinajstić information content (AvgIpc) is 3.06. The topological polar surface area (TPSA) is 138 Å². The normalized spacial score (nSPS) is 24.4. The maximum atomic E-state index is 14.2. The van der Waals surface area contributed by atoms with Crippen molar-refractivity contribution in [3.63, 3.8) is 0 Å². The standard InChI is InChI=1S/C36H49IN2O8/c1-22(2)27-11-10-23(3)14-30(27)46-21-33(42)39(19-24-8-6-5-7-9-24)29-17-26(36(44)38-12-13-40)18-31(34(29)43)47-35-28(37)15-25(20-41)16-32(35)45-4/h5-9,15-16,18,22-23,27,29-31,34,40-41,43H,10-14,17,19-21H2,1-4H3,(H,38,44). The van der Waals surface area contributed by atoms with Crippen molar-refractivity contribution in [1.82, 2.24) is 10.2 Å². The van der Waals surface area contributed by atoms with Gasteiger partial charge >= 0.3 is 0 Å². The van der Waals surface area contributed by atoms with Crippen LogP contribution in [0.1, 0.15) is 57.6 Å². The van der Waals surface area contributed by atoms with Gasteiger partial charge in [-0.15, -0.1) is 0 Å². The summed E-state index contributed by atoms with van der Waals surface area (Å²) in [6.45, 7) is 6.30. The van der Waals surface area contributed by atoms with E-state index in [2.05, 4.69) is 48.7 Å². The van der Waals surface area contributed by atoms with Gasteiger partial charge in [-0.3, -0.25) is 9.59 Å². The molecule has 0 heterocycles. The van der Waals surface area contributed by atoms with Gasteiger partial charge in [0.1, 0.15) is 18.8 Å². The summed E-state index contributed by atoms with van der Waals surface area (Å²) in [4.78, 5) is 29.1. The van der Waals surface area contributed by atoms with Gasteiger partial charge in [0.25, 0.3) is 0 Å². The van der Waals surface area contributed by atoms with Gasteiger partial charge < -0.3 is 39.7 Å². The van der Waals surface area contributed by atoms with Gasteiger partial charge in [0, 0.05) is 25.1 Å². The second kappa shape index (κ2) is 17.6. The molecule has 258 valence electrons. The summed E-state index contributed by atoms with van der Waals surface area (Å²) in [5, 5.41) is 33.7. The van der Waals surface area contributed by atoms with Crippen molar-refractivity contribution in [2.75, 3.05) is 26.9 Å². The Balaban J connectivity index is 1.67. The summed E-state index contributed by atoms with van der Waals surface area (Å²) < 4.78 is 19.0. The third-order valence-corrected chi connectivity index (χ3v) is 10.0. The Bertz CT molecular complexity index is 1370. The summed E-state index contributed by atoms with van der Waals surface area (Å²) >= 11 is 2.08. The van der Waals surface area contributed by atoms with Gasteiger partial charge in [0.05, 0.1) is 36.0 Å². The van der Waals surface area contributed by atoms with Gasteiger partial charge in [0.2, 0.25) is 11.8 Å². The van der Waals surface area contributed by atoms with Crippen LogP contribution in [0.3, 0.4) is 0 Å². The molecular formula is C36H49IN2O8. The molecule has 2 aromatic carbocycles. The zero-order valence-electron chi connectivity index (χ0n) is 27.7. The fraction of sp³-hybridized carbons (Fsp3) is 0.556. The van der Waals surface area contributed by atoms with E-state index in [1.54, 1.807) is 23.1 Å².